The van der Waals surface area contributed by atoms with E-state index in [1.165, 1.54) is 15.9 Å². The second-order valence-corrected chi connectivity index (χ2v) is 36.7. The zero-order chi connectivity index (χ0) is 98.0. The number of hydrogen-bond donors (Lipinski definition) is 1. The van der Waals surface area contributed by atoms with Gasteiger partial charge in [0.15, 0.2) is 11.6 Å². The Morgan fingerprint density at radius 3 is 0.872 bits per heavy atom. The Kier molecular flexibility index (Phi) is 25.3. The highest BCUT2D eigenvalue weighted by Crippen LogP contribution is 2.55. The molecule has 2 aliphatic heterocycles. The first-order valence-corrected chi connectivity index (χ1v) is 48.9. The van der Waals surface area contributed by atoms with Crippen LogP contribution in [0.3, 0.4) is 0 Å². The summed E-state index contributed by atoms with van der Waals surface area (Å²) in [6.45, 7) is 12.7. The molecule has 0 spiro atoms. The average Bonchev–Trinajstić information content (AvgIpc) is 0.685. The van der Waals surface area contributed by atoms with E-state index in [2.05, 4.69) is 0 Å². The van der Waals surface area contributed by atoms with E-state index in [1.807, 2.05) is 90.1 Å². The van der Waals surface area contributed by atoms with Gasteiger partial charge >= 0.3 is 41.8 Å². The van der Waals surface area contributed by atoms with Crippen molar-refractivity contribution in [3.8, 4) is 23.0 Å². The number of imide groups is 2. The van der Waals surface area contributed by atoms with Gasteiger partial charge in [-0.1, -0.05) is 171 Å². The molecule has 3 aliphatic rings. The van der Waals surface area contributed by atoms with Crippen LogP contribution in [0, 0.1) is 5.92 Å². The van der Waals surface area contributed by atoms with Gasteiger partial charge in [-0.25, -0.2) is 28.8 Å². The summed E-state index contributed by atoms with van der Waals surface area (Å²) in [6.07, 6.45) is 8.30. The molecule has 17 aromatic rings. The van der Waals surface area contributed by atoms with Crippen molar-refractivity contribution >= 4 is 206 Å². The third-order valence-electron chi connectivity index (χ3n) is 28.0. The van der Waals surface area contributed by atoms with E-state index in [9.17, 15) is 33.9 Å². The van der Waals surface area contributed by atoms with Crippen LogP contribution in [0.25, 0.3) is 129 Å². The van der Waals surface area contributed by atoms with Crippen LogP contribution in [-0.4, -0.2) is 145 Å². The summed E-state index contributed by atoms with van der Waals surface area (Å²) in [7, 11) is 0. The van der Waals surface area contributed by atoms with Gasteiger partial charge in [-0.05, 0) is 242 Å². The highest BCUT2D eigenvalue weighted by Gasteiger charge is 2.42. The molecule has 0 aromatic heterocycles. The first-order valence-electron chi connectivity index (χ1n) is 48.9. The van der Waals surface area contributed by atoms with Crippen molar-refractivity contribution in [1.29, 1.82) is 0 Å². The van der Waals surface area contributed by atoms with Crippen LogP contribution in [-0.2, 0) is 46.1 Å². The fourth-order valence-corrected chi connectivity index (χ4v) is 21.0. The largest absolute Gasteiger partial charge is 0.481 e. The number of fused-ring (bicyclic) bond motifs is 6. The summed E-state index contributed by atoms with van der Waals surface area (Å²) >= 11 is 0. The van der Waals surface area contributed by atoms with Crippen LogP contribution in [0.1, 0.15) is 273 Å². The maximum absolute atomic E-state index is 15.5. The molecule has 24 heteroatoms. The molecular weight excluding hydrogens is 1790 g/mol. The summed E-state index contributed by atoms with van der Waals surface area (Å²) in [5, 5.41) is 22.5. The molecule has 710 valence electrons. The molecule has 0 saturated carbocycles. The predicted molar refractivity (Wildman–Crippen MR) is 539 cm³/mol. The molecule has 0 fully saturated rings. The van der Waals surface area contributed by atoms with Gasteiger partial charge in [-0.3, -0.25) is 43.4 Å². The molecule has 2 heterocycles. The SMILES string of the molecule is CCCCOC(=O)c1ccc2c3ccc4c5c(ccc(c6ccc(C(=O)OCCCC)c1c26)c53)C(=O)N(CCc1ccc(Oc2cc(C(=O)OCCCC)c3c(C(=O)OCCCC)ccc5c6c(Oc7ccc(CCN8C(=O)c9ccc%10c%11ccc(C(=O)OCCCC)c%12c(C(=O)OCCCC)ccc(c%13ccc(c9c%10%13)C8=O)c%12%11)cc7)cc7c8c(ccc(c2c35)c86)C(=O)C(CCCC(=O)O)C7=O)cc1)C4=O. The summed E-state index contributed by atoms with van der Waals surface area (Å²) in [5.74, 6) is -8.50. The number of Topliss-reactive ketones (excluding diaryl/α,β-unsaturated/α-hetero) is 2. The monoisotopic (exact) mass is 1880 g/mol. The Balaban J connectivity index is 0.636. The summed E-state index contributed by atoms with van der Waals surface area (Å²) in [4.78, 5) is 191. The van der Waals surface area contributed by atoms with Gasteiger partial charge in [0.2, 0.25) is 0 Å². The van der Waals surface area contributed by atoms with E-state index in [4.69, 9.17) is 37.9 Å². The van der Waals surface area contributed by atoms with Crippen LogP contribution in [0.4, 0.5) is 0 Å². The minimum Gasteiger partial charge on any atom is -0.481 e. The number of carbonyl (C=O) groups is 13. The number of esters is 6. The van der Waals surface area contributed by atoms with E-state index in [0.717, 1.165) is 25.7 Å². The predicted octanol–water partition coefficient (Wildman–Crippen LogP) is 25.1. The first-order chi connectivity index (χ1) is 68.6. The zero-order valence-electron chi connectivity index (χ0n) is 79.0. The molecule has 24 nitrogen and oxygen atoms in total. The van der Waals surface area contributed by atoms with Gasteiger partial charge < -0.3 is 43.0 Å². The fourth-order valence-electron chi connectivity index (χ4n) is 21.0. The highest BCUT2D eigenvalue weighted by atomic mass is 16.6. The van der Waals surface area contributed by atoms with E-state index in [-0.39, 0.29) is 163 Å². The smallest absolute Gasteiger partial charge is 0.338 e. The summed E-state index contributed by atoms with van der Waals surface area (Å²) in [6, 6.07) is 52.0. The number of rotatable bonds is 38. The lowest BCUT2D eigenvalue weighted by Crippen LogP contribution is -2.41. The van der Waals surface area contributed by atoms with Crippen molar-refractivity contribution < 1.29 is 105 Å². The molecule has 1 unspecified atom stereocenters. The molecule has 1 N–H and O–H groups in total. The summed E-state index contributed by atoms with van der Waals surface area (Å²) in [5.41, 5.74) is 3.83. The van der Waals surface area contributed by atoms with Crippen LogP contribution < -0.4 is 9.47 Å². The van der Waals surface area contributed by atoms with Gasteiger partial charge in [-0.15, -0.1) is 0 Å². The fraction of sp³-hybridized carbons (Fsp3) is 0.274. The lowest BCUT2D eigenvalue weighted by atomic mass is 9.75. The number of nitrogens with zero attached hydrogens (tertiary/aromatic N) is 2. The van der Waals surface area contributed by atoms with Crippen molar-refractivity contribution in [3.05, 3.63) is 260 Å². The third kappa shape index (κ3) is 16.0. The zero-order valence-corrected chi connectivity index (χ0v) is 79.0. The second-order valence-electron chi connectivity index (χ2n) is 36.7. The molecular formula is C117H100N2O22. The van der Waals surface area contributed by atoms with E-state index < -0.39 is 82.9 Å². The Morgan fingerprint density at radius 1 is 0.270 bits per heavy atom. The number of carbonyl (C=O) groups excluding carboxylic acids is 12. The van der Waals surface area contributed by atoms with E-state index in [0.29, 0.717) is 203 Å². The normalized spacial score (nSPS) is 13.7. The van der Waals surface area contributed by atoms with Crippen molar-refractivity contribution in [2.75, 3.05) is 52.7 Å². The number of unbranched alkanes of at least 4 members (excludes halogenated alkanes) is 6. The van der Waals surface area contributed by atoms with Gasteiger partial charge in [-0.2, -0.15) is 0 Å². The average molecular weight is 1890 g/mol. The first kappa shape index (κ1) is 92.8. The number of ketones is 2. The van der Waals surface area contributed by atoms with Gasteiger partial charge in [0.25, 0.3) is 23.6 Å². The molecule has 0 radical (unpaired) electrons. The maximum Gasteiger partial charge on any atom is 0.338 e. The Bertz CT molecular complexity index is 7920. The van der Waals surface area contributed by atoms with Crippen LogP contribution in [0.2, 0.25) is 0 Å². The molecule has 17 aromatic carbocycles. The lowest BCUT2D eigenvalue weighted by molar-refractivity contribution is -0.137. The number of carboxylic acids is 1. The van der Waals surface area contributed by atoms with Crippen LogP contribution in [0.5, 0.6) is 23.0 Å². The van der Waals surface area contributed by atoms with Crippen LogP contribution >= 0.6 is 0 Å². The number of hydrogen-bond acceptors (Lipinski definition) is 21. The highest BCUT2D eigenvalue weighted by molar-refractivity contribution is 6.45. The van der Waals surface area contributed by atoms with Gasteiger partial charge in [0.1, 0.15) is 23.0 Å². The van der Waals surface area contributed by atoms with E-state index >= 15 is 33.6 Å². The van der Waals surface area contributed by atoms with Gasteiger partial charge in [0, 0.05) is 107 Å². The quantitative estimate of drug-likeness (QED) is 0.00714. The number of benzene rings is 17. The standard InChI is InChI=1S/C117H100N2O22/c1-7-13-54-134-112(128)81-45-34-70-66-30-41-77-97-78(42-31-67(92(66)97)71-35-46-82(99(81)94(70)71)113(129)135-55-14-8-2)109(125)118(108(77)124)52-50-62-22-26-64(27-23-62)140-89-60-87-96-76(106(122)86(107(87)123)20-19-21-91(120)121)40-38-74-103-90(61-88(117(133)139-59-18-12-6)101-85(116(132)138-58-17-11-5)49-39-75(105(101)103)102(89)104(74)96)141-65-28-24-63(25-29-65)51-53-119-110(126)79-43-32-68-72-36-47-83(114(130)136-56-15-9-3)100-84(115(131)137-57-16-10-4)48-37-73(95(72)100)69-33-44-80(111(119)127)98(79)93(68)69/h22-49,60-61,86H,7-21,50-59H2,1-6H3,(H,120,121). The molecule has 1 atom stereocenters. The Morgan fingerprint density at radius 2 is 0.539 bits per heavy atom. The van der Waals surface area contributed by atoms with Gasteiger partial charge in [0.05, 0.1) is 78.9 Å². The van der Waals surface area contributed by atoms with Crippen molar-refractivity contribution in [1.82, 2.24) is 9.80 Å². The molecule has 20 rings (SSSR count). The van der Waals surface area contributed by atoms with Crippen molar-refractivity contribution in [2.45, 2.75) is 151 Å². The number of aliphatic carboxylic acids is 1. The molecule has 4 amide bonds. The topological polar surface area (TPSA) is 322 Å². The number of amides is 4. The Labute approximate surface area is 809 Å². The minimum absolute atomic E-state index is 0.0176. The van der Waals surface area contributed by atoms with Crippen molar-refractivity contribution in [3.63, 3.8) is 0 Å². The van der Waals surface area contributed by atoms with E-state index in [1.54, 1.807) is 127 Å². The number of ether oxygens (including phenoxy) is 8. The lowest BCUT2D eigenvalue weighted by Gasteiger charge is -2.29. The minimum atomic E-state index is -1.27. The summed E-state index contributed by atoms with van der Waals surface area (Å²) < 4.78 is 49.3. The molecule has 0 saturated heterocycles. The second kappa shape index (κ2) is 38.5. The van der Waals surface area contributed by atoms with Crippen molar-refractivity contribution in [2.24, 2.45) is 5.92 Å². The Hall–Kier alpha value is -15.9. The third-order valence-corrected chi connectivity index (χ3v) is 28.0. The molecule has 141 heavy (non-hydrogen) atoms. The maximum atomic E-state index is 15.5. The molecule has 0 bridgehead atoms. The number of carboxylic acid groups (broad SMARTS) is 1. The van der Waals surface area contributed by atoms with Crippen LogP contribution in [0.15, 0.2) is 182 Å². The molecule has 1 aliphatic carbocycles.